The molecule has 0 amide bonds. The predicted molar refractivity (Wildman–Crippen MR) is 67.5 cm³/mol. The van der Waals surface area contributed by atoms with Crippen molar-refractivity contribution < 1.29 is 17.1 Å². The molecule has 2 heteroatoms. The van der Waals surface area contributed by atoms with E-state index in [0.717, 1.165) is 6.54 Å². The van der Waals surface area contributed by atoms with Crippen LogP contribution in [0, 0.1) is 0 Å². The summed E-state index contributed by atoms with van der Waals surface area (Å²) in [5, 5.41) is 3.33. The molecule has 0 heterocycles. The molecule has 0 aliphatic rings. The van der Waals surface area contributed by atoms with Crippen molar-refractivity contribution in [1.29, 1.82) is 0 Å². The molecular formula is C14H19FeN. The van der Waals surface area contributed by atoms with Crippen LogP contribution in [0.1, 0.15) is 19.8 Å². The molecule has 0 atom stereocenters. The van der Waals surface area contributed by atoms with Gasteiger partial charge in [0, 0.05) is 6.54 Å². The van der Waals surface area contributed by atoms with Crippen molar-refractivity contribution in [2.75, 3.05) is 11.9 Å². The zero-order chi connectivity index (χ0) is 10.8. The molecule has 2 aromatic carbocycles. The molecule has 0 spiro atoms. The van der Waals surface area contributed by atoms with Crippen LogP contribution in [0.15, 0.2) is 54.6 Å². The van der Waals surface area contributed by atoms with Crippen LogP contribution >= 0.6 is 0 Å². The molecule has 0 fully saturated rings. The van der Waals surface area contributed by atoms with Crippen LogP contribution < -0.4 is 5.32 Å². The van der Waals surface area contributed by atoms with Gasteiger partial charge in [-0.05, 0) is 6.42 Å². The molecule has 2 rings (SSSR count). The minimum absolute atomic E-state index is 0. The smallest absolute Gasteiger partial charge is 0.407 e. The third kappa shape index (κ3) is 7.33. The number of hydrogen-bond donors (Lipinski definition) is 1. The van der Waals surface area contributed by atoms with Gasteiger partial charge in [0.15, 0.2) is 0 Å². The molecule has 0 saturated carbocycles. The van der Waals surface area contributed by atoms with Gasteiger partial charge in [-0.3, -0.25) is 0 Å². The molecule has 1 nitrogen and oxygen atoms in total. The van der Waals surface area contributed by atoms with E-state index >= 15 is 0 Å². The Morgan fingerprint density at radius 3 is 2.31 bits per heavy atom. The summed E-state index contributed by atoms with van der Waals surface area (Å²) in [5.74, 6) is 0. The fourth-order valence-electron chi connectivity index (χ4n) is 1.22. The van der Waals surface area contributed by atoms with Crippen LogP contribution in [0.25, 0.3) is 0 Å². The van der Waals surface area contributed by atoms with E-state index in [9.17, 15) is 0 Å². The zero-order valence-corrected chi connectivity index (χ0v) is 10.8. The topological polar surface area (TPSA) is 12.0 Å². The van der Waals surface area contributed by atoms with Gasteiger partial charge in [-0.25, -0.2) is 18.2 Å². The summed E-state index contributed by atoms with van der Waals surface area (Å²) in [5.41, 5.74) is 1.24. The van der Waals surface area contributed by atoms with Crippen molar-refractivity contribution in [1.82, 2.24) is 0 Å². The fourth-order valence-corrected chi connectivity index (χ4v) is 1.22. The summed E-state index contributed by atoms with van der Waals surface area (Å²) in [6.45, 7) is 3.30. The van der Waals surface area contributed by atoms with Crippen LogP contribution in [0.2, 0.25) is 0 Å². The van der Waals surface area contributed by atoms with Crippen LogP contribution in [0.4, 0.5) is 5.69 Å². The number of hydrogen-bond acceptors (Lipinski definition) is 1. The summed E-state index contributed by atoms with van der Waals surface area (Å²) in [7, 11) is 0. The summed E-state index contributed by atoms with van der Waals surface area (Å²) in [4.78, 5) is 0. The van der Waals surface area contributed by atoms with Gasteiger partial charge in [-0.2, -0.15) is 30.3 Å². The second-order valence-electron chi connectivity index (χ2n) is 3.42. The van der Waals surface area contributed by atoms with Gasteiger partial charge in [-0.1, -0.05) is 19.0 Å². The number of unbranched alkanes of at least 4 members (excludes halogenated alkanes) is 1. The summed E-state index contributed by atoms with van der Waals surface area (Å²) < 4.78 is 0. The third-order valence-electron chi connectivity index (χ3n) is 2.08. The van der Waals surface area contributed by atoms with Gasteiger partial charge < -0.3 is 5.32 Å². The van der Waals surface area contributed by atoms with E-state index < -0.39 is 0 Å². The molecular weight excluding hydrogens is 238 g/mol. The maximum absolute atomic E-state index is 3.33. The second-order valence-corrected chi connectivity index (χ2v) is 3.42. The first-order chi connectivity index (χ1) is 7.43. The molecule has 0 radical (unpaired) electrons. The van der Waals surface area contributed by atoms with Gasteiger partial charge in [0.05, 0.1) is 0 Å². The fraction of sp³-hybridized carbons (Fsp3) is 0.286. The maximum Gasteiger partial charge on any atom is 2.00 e. The van der Waals surface area contributed by atoms with E-state index in [1.165, 1.54) is 18.5 Å². The van der Waals surface area contributed by atoms with E-state index in [0.29, 0.717) is 0 Å². The molecule has 0 unspecified atom stereocenters. The Bertz CT molecular complexity index is 280. The van der Waals surface area contributed by atoms with Crippen LogP contribution in [0.5, 0.6) is 0 Å². The second kappa shape index (κ2) is 10.5. The Labute approximate surface area is 109 Å². The number of nitrogens with one attached hydrogen (secondary N) is 1. The molecule has 16 heavy (non-hydrogen) atoms. The van der Waals surface area contributed by atoms with Crippen LogP contribution in [0.3, 0.4) is 0 Å². The Kier molecular flexibility index (Phi) is 9.89. The largest absolute Gasteiger partial charge is 2.00 e. The van der Waals surface area contributed by atoms with E-state index in [1.54, 1.807) is 0 Å². The number of rotatable bonds is 4. The molecule has 0 saturated heterocycles. The standard InChI is InChI=1S/C9H14N.C5H5.Fe/c1-2-3-8-10-9-6-4-5-7-9;1-2-4-5-3-1;/h4-7,10H,2-3,8H2,1H3;1-5H;/q2*-1;+2. The van der Waals surface area contributed by atoms with Crippen LogP contribution in [-0.4, -0.2) is 6.54 Å². The molecule has 1 N–H and O–H groups in total. The zero-order valence-electron chi connectivity index (χ0n) is 9.67. The molecule has 0 aromatic heterocycles. The van der Waals surface area contributed by atoms with Gasteiger partial charge in [0.25, 0.3) is 0 Å². The number of anilines is 1. The van der Waals surface area contributed by atoms with Crippen molar-refractivity contribution in [3.63, 3.8) is 0 Å². The maximum atomic E-state index is 3.33. The monoisotopic (exact) mass is 257 g/mol. The van der Waals surface area contributed by atoms with Crippen molar-refractivity contribution in [2.45, 2.75) is 19.8 Å². The molecule has 0 bridgehead atoms. The quantitative estimate of drug-likeness (QED) is 0.495. The third-order valence-corrected chi connectivity index (χ3v) is 2.08. The van der Waals surface area contributed by atoms with E-state index in [1.807, 2.05) is 42.5 Å². The minimum atomic E-state index is 0. The van der Waals surface area contributed by atoms with Crippen molar-refractivity contribution in [2.24, 2.45) is 0 Å². The van der Waals surface area contributed by atoms with E-state index in [2.05, 4.69) is 24.4 Å². The van der Waals surface area contributed by atoms with Crippen molar-refractivity contribution in [3.05, 3.63) is 54.6 Å². The molecule has 0 aliphatic heterocycles. The van der Waals surface area contributed by atoms with Crippen LogP contribution in [-0.2, 0) is 17.1 Å². The first-order valence-corrected chi connectivity index (χ1v) is 5.55. The first-order valence-electron chi connectivity index (χ1n) is 5.55. The summed E-state index contributed by atoms with van der Waals surface area (Å²) in [6.07, 6.45) is 2.51. The predicted octanol–water partition coefficient (Wildman–Crippen LogP) is 4.02. The summed E-state index contributed by atoms with van der Waals surface area (Å²) in [6, 6.07) is 18.3. The van der Waals surface area contributed by atoms with E-state index in [-0.39, 0.29) is 17.1 Å². The Hall–Kier alpha value is -0.981. The van der Waals surface area contributed by atoms with Gasteiger partial charge in [0.2, 0.25) is 0 Å². The molecule has 88 valence electrons. The Morgan fingerprint density at radius 1 is 1.12 bits per heavy atom. The van der Waals surface area contributed by atoms with Gasteiger partial charge in [0.1, 0.15) is 0 Å². The summed E-state index contributed by atoms with van der Waals surface area (Å²) >= 11 is 0. The van der Waals surface area contributed by atoms with Gasteiger partial charge in [-0.15, -0.1) is 6.07 Å². The van der Waals surface area contributed by atoms with E-state index in [4.69, 9.17) is 0 Å². The molecule has 0 aliphatic carbocycles. The average molecular weight is 257 g/mol. The average Bonchev–Trinajstić information content (AvgIpc) is 2.94. The van der Waals surface area contributed by atoms with Crippen molar-refractivity contribution >= 4 is 5.69 Å². The minimum Gasteiger partial charge on any atom is -0.407 e. The molecule has 2 aromatic rings. The first kappa shape index (κ1) is 15.0. The Morgan fingerprint density at radius 2 is 1.88 bits per heavy atom. The normalized spacial score (nSPS) is 8.56. The van der Waals surface area contributed by atoms with Crippen molar-refractivity contribution in [3.8, 4) is 0 Å². The Balaban J connectivity index is 0.000000318. The SMILES string of the molecule is CCCCNc1ccc[cH-]1.[Fe+2].c1cc[cH-]c1. The van der Waals surface area contributed by atoms with Gasteiger partial charge >= 0.3 is 17.1 Å².